The van der Waals surface area contributed by atoms with Gasteiger partial charge in [-0.2, -0.15) is 13.2 Å². The van der Waals surface area contributed by atoms with Crippen molar-refractivity contribution >= 4 is 17.6 Å². The van der Waals surface area contributed by atoms with Crippen LogP contribution >= 0.6 is 0 Å². The highest BCUT2D eigenvalue weighted by molar-refractivity contribution is 5.86. The van der Waals surface area contributed by atoms with Gasteiger partial charge in [0.2, 0.25) is 0 Å². The van der Waals surface area contributed by atoms with Crippen LogP contribution in [0.1, 0.15) is 28.7 Å². The Balaban J connectivity index is 0.000000307. The number of benzene rings is 2. The maximum atomic E-state index is 11.9. The quantitative estimate of drug-likeness (QED) is 0.294. The van der Waals surface area contributed by atoms with Gasteiger partial charge in [0.05, 0.1) is 11.3 Å². The van der Waals surface area contributed by atoms with Gasteiger partial charge in [-0.25, -0.2) is 0 Å². The Morgan fingerprint density at radius 3 is 2.32 bits per heavy atom. The zero-order chi connectivity index (χ0) is 21.2. The van der Waals surface area contributed by atoms with Crippen LogP contribution in [0.4, 0.5) is 18.9 Å². The van der Waals surface area contributed by atoms with Crippen LogP contribution in [0.25, 0.3) is 5.70 Å². The zero-order valence-electron chi connectivity index (χ0n) is 15.7. The molecule has 0 saturated carbocycles. The molecule has 0 atom stereocenters. The van der Waals surface area contributed by atoms with E-state index in [0.29, 0.717) is 23.5 Å². The molecule has 5 nitrogen and oxygen atoms in total. The predicted octanol–water partition coefficient (Wildman–Crippen LogP) is 3.48. The summed E-state index contributed by atoms with van der Waals surface area (Å²) < 4.78 is 35.8. The number of alkyl halides is 3. The first-order valence-corrected chi connectivity index (χ1v) is 8.62. The van der Waals surface area contributed by atoms with E-state index >= 15 is 0 Å². The average molecular weight is 393 g/mol. The van der Waals surface area contributed by atoms with E-state index in [4.69, 9.17) is 22.6 Å². The van der Waals surface area contributed by atoms with Crippen LogP contribution < -0.4 is 22.5 Å². The van der Waals surface area contributed by atoms with Gasteiger partial charge < -0.3 is 27.9 Å². The number of hydrogen-bond donors (Lipinski definition) is 5. The fraction of sp³-hybridized carbons (Fsp3) is 0.250. The van der Waals surface area contributed by atoms with E-state index in [1.807, 2.05) is 6.07 Å². The van der Waals surface area contributed by atoms with Crippen LogP contribution in [0.3, 0.4) is 0 Å². The second-order valence-corrected chi connectivity index (χ2v) is 6.05. The standard InChI is InChI=1S/C12H19N5.C8H7F3/c13-4-1-5-17-8-12(16)9-2-3-11(15)10(6-9)7-14;1-6-2-4-7(5-3-6)8(9,10)11/h2-3,6-8,14,17H,1,4-5,13,15-16H2;2-5H,1H3/b12-8-,14-7?;. The van der Waals surface area contributed by atoms with E-state index in [1.165, 1.54) is 18.3 Å². The smallest absolute Gasteiger partial charge is 0.398 e. The van der Waals surface area contributed by atoms with E-state index in [-0.39, 0.29) is 0 Å². The molecule has 0 spiro atoms. The van der Waals surface area contributed by atoms with E-state index in [2.05, 4.69) is 5.32 Å². The van der Waals surface area contributed by atoms with E-state index in [9.17, 15) is 13.2 Å². The lowest BCUT2D eigenvalue weighted by Gasteiger charge is -2.06. The van der Waals surface area contributed by atoms with Crippen LogP contribution in [0.2, 0.25) is 0 Å². The molecule has 0 aliphatic rings. The van der Waals surface area contributed by atoms with Crippen molar-refractivity contribution in [3.8, 4) is 0 Å². The number of rotatable bonds is 6. The SMILES string of the molecule is Cc1ccc(C(F)(F)F)cc1.N=Cc1cc(/C(N)=C/NCCCN)ccc1N. The highest BCUT2D eigenvalue weighted by atomic mass is 19.4. The minimum atomic E-state index is -4.21. The van der Waals surface area contributed by atoms with Crippen molar-refractivity contribution in [2.75, 3.05) is 18.8 Å². The van der Waals surface area contributed by atoms with Crippen LogP contribution in [0, 0.1) is 12.3 Å². The number of nitrogens with two attached hydrogens (primary N) is 3. The molecule has 2 aromatic rings. The van der Waals surface area contributed by atoms with Crippen molar-refractivity contribution in [2.45, 2.75) is 19.5 Å². The van der Waals surface area contributed by atoms with Gasteiger partial charge in [0, 0.05) is 30.2 Å². The van der Waals surface area contributed by atoms with Gasteiger partial charge in [0.25, 0.3) is 0 Å². The number of nitrogen functional groups attached to an aromatic ring is 1. The molecule has 0 unspecified atom stereocenters. The summed E-state index contributed by atoms with van der Waals surface area (Å²) in [4.78, 5) is 0. The maximum Gasteiger partial charge on any atom is 0.416 e. The van der Waals surface area contributed by atoms with Crippen LogP contribution in [-0.2, 0) is 6.18 Å². The summed E-state index contributed by atoms with van der Waals surface area (Å²) in [5, 5.41) is 10.3. The molecule has 0 bridgehead atoms. The third kappa shape index (κ3) is 7.71. The van der Waals surface area contributed by atoms with Gasteiger partial charge >= 0.3 is 6.18 Å². The molecule has 8 N–H and O–H groups in total. The monoisotopic (exact) mass is 393 g/mol. The molecular weight excluding hydrogens is 367 g/mol. The molecule has 0 heterocycles. The van der Waals surface area contributed by atoms with Gasteiger partial charge in [-0.05, 0) is 49.7 Å². The van der Waals surface area contributed by atoms with E-state index < -0.39 is 11.7 Å². The second-order valence-electron chi connectivity index (χ2n) is 6.05. The first-order chi connectivity index (χ1) is 13.2. The molecule has 2 rings (SSSR count). The number of hydrogen-bond acceptors (Lipinski definition) is 5. The van der Waals surface area contributed by atoms with Crippen LogP contribution in [0.5, 0.6) is 0 Å². The number of nitrogens with one attached hydrogen (secondary N) is 2. The fourth-order valence-corrected chi connectivity index (χ4v) is 2.09. The van der Waals surface area contributed by atoms with Crippen molar-refractivity contribution in [2.24, 2.45) is 11.5 Å². The molecule has 0 aromatic heterocycles. The van der Waals surface area contributed by atoms with Gasteiger partial charge in [0.1, 0.15) is 0 Å². The number of aryl methyl sites for hydroxylation is 1. The minimum Gasteiger partial charge on any atom is -0.398 e. The van der Waals surface area contributed by atoms with Crippen molar-refractivity contribution in [1.29, 1.82) is 5.41 Å². The molecule has 0 amide bonds. The van der Waals surface area contributed by atoms with Crippen LogP contribution in [-0.4, -0.2) is 19.3 Å². The molecular formula is C20H26F3N5. The Morgan fingerprint density at radius 2 is 1.79 bits per heavy atom. The van der Waals surface area contributed by atoms with Crippen molar-refractivity contribution in [1.82, 2.24) is 5.32 Å². The third-order valence-corrected chi connectivity index (χ3v) is 3.74. The summed E-state index contributed by atoms with van der Waals surface area (Å²) in [6, 6.07) is 10.4. The summed E-state index contributed by atoms with van der Waals surface area (Å²) in [6.07, 6.45) is -0.353. The highest BCUT2D eigenvalue weighted by Gasteiger charge is 2.29. The summed E-state index contributed by atoms with van der Waals surface area (Å²) in [5.74, 6) is 0. The molecule has 8 heteroatoms. The first-order valence-electron chi connectivity index (χ1n) is 8.62. The Labute approximate surface area is 162 Å². The molecule has 0 aliphatic heterocycles. The average Bonchev–Trinajstić information content (AvgIpc) is 2.65. The number of anilines is 1. The zero-order valence-corrected chi connectivity index (χ0v) is 15.7. The van der Waals surface area contributed by atoms with Gasteiger partial charge in [0.15, 0.2) is 0 Å². The second kappa shape index (κ2) is 11.0. The number of halogens is 3. The van der Waals surface area contributed by atoms with Crippen molar-refractivity contribution in [3.05, 3.63) is 70.9 Å². The van der Waals surface area contributed by atoms with Gasteiger partial charge in [-0.1, -0.05) is 23.8 Å². The van der Waals surface area contributed by atoms with E-state index in [0.717, 1.165) is 36.2 Å². The highest BCUT2D eigenvalue weighted by Crippen LogP contribution is 2.28. The summed E-state index contributed by atoms with van der Waals surface area (Å²) >= 11 is 0. The van der Waals surface area contributed by atoms with Crippen molar-refractivity contribution in [3.63, 3.8) is 0 Å². The molecule has 2 aromatic carbocycles. The van der Waals surface area contributed by atoms with Gasteiger partial charge in [-0.15, -0.1) is 0 Å². The molecule has 0 saturated heterocycles. The van der Waals surface area contributed by atoms with Crippen LogP contribution in [0.15, 0.2) is 48.7 Å². The molecule has 152 valence electrons. The van der Waals surface area contributed by atoms with Gasteiger partial charge in [-0.3, -0.25) is 0 Å². The molecule has 0 radical (unpaired) electrons. The molecule has 28 heavy (non-hydrogen) atoms. The fourth-order valence-electron chi connectivity index (χ4n) is 2.09. The summed E-state index contributed by atoms with van der Waals surface area (Å²) in [5.41, 5.74) is 19.9. The summed E-state index contributed by atoms with van der Waals surface area (Å²) in [6.45, 7) is 3.20. The molecule has 0 aliphatic carbocycles. The largest absolute Gasteiger partial charge is 0.416 e. The Hall–Kier alpha value is -3.00. The lowest BCUT2D eigenvalue weighted by molar-refractivity contribution is -0.137. The predicted molar refractivity (Wildman–Crippen MR) is 109 cm³/mol. The maximum absolute atomic E-state index is 11.9. The molecule has 0 fully saturated rings. The van der Waals surface area contributed by atoms with E-state index in [1.54, 1.807) is 25.3 Å². The lowest BCUT2D eigenvalue weighted by Crippen LogP contribution is -2.14. The minimum absolute atomic E-state index is 0.577. The topological polar surface area (TPSA) is 114 Å². The third-order valence-electron chi connectivity index (χ3n) is 3.74. The Kier molecular flexibility index (Phi) is 9.04. The Morgan fingerprint density at radius 1 is 1.14 bits per heavy atom. The lowest BCUT2D eigenvalue weighted by atomic mass is 10.1. The summed E-state index contributed by atoms with van der Waals surface area (Å²) in [7, 11) is 0. The Bertz CT molecular complexity index is 783. The first kappa shape index (κ1) is 23.0. The van der Waals surface area contributed by atoms with Crippen molar-refractivity contribution < 1.29 is 13.2 Å². The normalized spacial score (nSPS) is 11.4.